The van der Waals surface area contributed by atoms with Crippen LogP contribution in [0.25, 0.3) is 0 Å². The summed E-state index contributed by atoms with van der Waals surface area (Å²) in [6, 6.07) is 6.81. The van der Waals surface area contributed by atoms with Crippen molar-refractivity contribution in [3.63, 3.8) is 0 Å². The Labute approximate surface area is 120 Å². The summed E-state index contributed by atoms with van der Waals surface area (Å²) in [5.41, 5.74) is -0.414. The fraction of sp³-hybridized carbons (Fsp3) is 0.538. The van der Waals surface area contributed by atoms with Crippen molar-refractivity contribution in [1.29, 1.82) is 0 Å². The molecule has 1 fully saturated rings. The van der Waals surface area contributed by atoms with Crippen LogP contribution in [0, 0.1) is 0 Å². The molecule has 7 heteroatoms. The molecule has 1 aliphatic heterocycles. The second-order valence-electron chi connectivity index (χ2n) is 5.91. The Hall–Kier alpha value is -1.05. The minimum Gasteiger partial charge on any atom is -0.399 e. The minimum absolute atomic E-state index is 0.230. The lowest BCUT2D eigenvalue weighted by molar-refractivity contribution is 0.00578. The monoisotopic (exact) mass is 298 g/mol. The summed E-state index contributed by atoms with van der Waals surface area (Å²) in [7, 11) is -4.25. The lowest BCUT2D eigenvalue weighted by Gasteiger charge is -2.32. The van der Waals surface area contributed by atoms with Gasteiger partial charge in [0.1, 0.15) is 5.75 Å². The molecule has 0 aliphatic carbocycles. The van der Waals surface area contributed by atoms with E-state index in [0.717, 1.165) is 6.26 Å². The van der Waals surface area contributed by atoms with E-state index < -0.39 is 28.4 Å². The third-order valence-electron chi connectivity index (χ3n) is 3.67. The van der Waals surface area contributed by atoms with Crippen LogP contribution in [0.15, 0.2) is 24.3 Å². The highest BCUT2D eigenvalue weighted by atomic mass is 32.2. The molecular formula is C13H19BO5S. The molecule has 0 amide bonds. The lowest BCUT2D eigenvalue weighted by Crippen LogP contribution is -2.41. The highest BCUT2D eigenvalue weighted by Crippen LogP contribution is 2.37. The molecule has 0 bridgehead atoms. The van der Waals surface area contributed by atoms with E-state index in [9.17, 15) is 8.42 Å². The fourth-order valence-electron chi connectivity index (χ4n) is 1.88. The van der Waals surface area contributed by atoms with Crippen molar-refractivity contribution < 1.29 is 21.9 Å². The SMILES string of the molecule is CC1(C)OB(c2ccccc2OS(C)(=O)=O)OC1(C)C. The Morgan fingerprint density at radius 1 is 1.05 bits per heavy atom. The van der Waals surface area contributed by atoms with Crippen molar-refractivity contribution in [3.8, 4) is 5.75 Å². The average molecular weight is 298 g/mol. The van der Waals surface area contributed by atoms with Crippen molar-refractivity contribution in [3.05, 3.63) is 24.3 Å². The van der Waals surface area contributed by atoms with Gasteiger partial charge in [-0.2, -0.15) is 8.42 Å². The van der Waals surface area contributed by atoms with Gasteiger partial charge in [-0.05, 0) is 33.8 Å². The molecule has 1 saturated heterocycles. The second-order valence-corrected chi connectivity index (χ2v) is 7.49. The summed E-state index contributed by atoms with van der Waals surface area (Å²) in [5.74, 6) is 0.230. The topological polar surface area (TPSA) is 61.8 Å². The van der Waals surface area contributed by atoms with Gasteiger partial charge in [-0.15, -0.1) is 0 Å². The van der Waals surface area contributed by atoms with Crippen molar-refractivity contribution >= 4 is 22.7 Å². The zero-order valence-electron chi connectivity index (χ0n) is 12.3. The normalized spacial score (nSPS) is 20.9. The average Bonchev–Trinajstić information content (AvgIpc) is 2.46. The van der Waals surface area contributed by atoms with Crippen LogP contribution in [0.2, 0.25) is 0 Å². The molecule has 1 aromatic rings. The molecule has 0 saturated carbocycles. The van der Waals surface area contributed by atoms with Crippen LogP contribution in [-0.4, -0.2) is 33.0 Å². The molecule has 1 aromatic carbocycles. The highest BCUT2D eigenvalue weighted by molar-refractivity contribution is 7.86. The molecule has 0 aromatic heterocycles. The third kappa shape index (κ3) is 3.00. The van der Waals surface area contributed by atoms with Gasteiger partial charge in [-0.25, -0.2) is 0 Å². The Morgan fingerprint density at radius 2 is 1.55 bits per heavy atom. The molecule has 110 valence electrons. The Bertz CT molecular complexity index is 593. The number of hydrogen-bond donors (Lipinski definition) is 0. The molecule has 0 atom stereocenters. The van der Waals surface area contributed by atoms with Crippen LogP contribution in [0.3, 0.4) is 0 Å². The van der Waals surface area contributed by atoms with E-state index in [1.807, 2.05) is 27.7 Å². The van der Waals surface area contributed by atoms with Gasteiger partial charge in [0.05, 0.1) is 17.5 Å². The van der Waals surface area contributed by atoms with E-state index in [1.165, 1.54) is 0 Å². The van der Waals surface area contributed by atoms with Crippen molar-refractivity contribution in [2.24, 2.45) is 0 Å². The van der Waals surface area contributed by atoms with E-state index in [1.54, 1.807) is 24.3 Å². The molecule has 0 unspecified atom stereocenters. The van der Waals surface area contributed by atoms with E-state index in [-0.39, 0.29) is 5.75 Å². The van der Waals surface area contributed by atoms with Crippen LogP contribution < -0.4 is 9.65 Å². The van der Waals surface area contributed by atoms with Crippen LogP contribution >= 0.6 is 0 Å². The largest absolute Gasteiger partial charge is 0.498 e. The highest BCUT2D eigenvalue weighted by Gasteiger charge is 2.52. The smallest absolute Gasteiger partial charge is 0.399 e. The Kier molecular flexibility index (Phi) is 3.65. The first-order valence-corrected chi connectivity index (χ1v) is 8.17. The zero-order valence-corrected chi connectivity index (χ0v) is 13.2. The van der Waals surface area contributed by atoms with Gasteiger partial charge < -0.3 is 13.5 Å². The Morgan fingerprint density at radius 3 is 2.05 bits per heavy atom. The van der Waals surface area contributed by atoms with Gasteiger partial charge in [-0.1, -0.05) is 18.2 Å². The predicted octanol–water partition coefficient (Wildman–Crippen LogP) is 1.32. The molecule has 0 radical (unpaired) electrons. The summed E-state index contributed by atoms with van der Waals surface area (Å²) in [4.78, 5) is 0. The second kappa shape index (κ2) is 4.75. The number of rotatable bonds is 3. The maximum absolute atomic E-state index is 11.3. The van der Waals surface area contributed by atoms with Gasteiger partial charge in [0.25, 0.3) is 0 Å². The van der Waals surface area contributed by atoms with Crippen LogP contribution in [0.4, 0.5) is 0 Å². The fourth-order valence-corrected chi connectivity index (χ4v) is 2.36. The van der Waals surface area contributed by atoms with Crippen molar-refractivity contribution in [2.45, 2.75) is 38.9 Å². The van der Waals surface area contributed by atoms with Gasteiger partial charge in [-0.3, -0.25) is 0 Å². The van der Waals surface area contributed by atoms with Crippen LogP contribution in [-0.2, 0) is 19.4 Å². The van der Waals surface area contributed by atoms with E-state index in [4.69, 9.17) is 13.5 Å². The first-order chi connectivity index (χ1) is 9.02. The van der Waals surface area contributed by atoms with Crippen LogP contribution in [0.1, 0.15) is 27.7 Å². The number of hydrogen-bond acceptors (Lipinski definition) is 5. The van der Waals surface area contributed by atoms with Gasteiger partial charge >= 0.3 is 17.2 Å². The predicted molar refractivity (Wildman–Crippen MR) is 77.6 cm³/mol. The molecule has 0 N–H and O–H groups in total. The van der Waals surface area contributed by atoms with Crippen LogP contribution in [0.5, 0.6) is 5.75 Å². The molecule has 2 rings (SSSR count). The third-order valence-corrected chi connectivity index (χ3v) is 4.15. The first-order valence-electron chi connectivity index (χ1n) is 6.36. The van der Waals surface area contributed by atoms with Gasteiger partial charge in [0, 0.05) is 5.46 Å². The molecule has 1 heterocycles. The molecule has 5 nitrogen and oxygen atoms in total. The summed E-state index contributed by atoms with van der Waals surface area (Å²) >= 11 is 0. The lowest BCUT2D eigenvalue weighted by atomic mass is 9.78. The molecule has 1 aliphatic rings. The maximum Gasteiger partial charge on any atom is 0.498 e. The van der Waals surface area contributed by atoms with E-state index in [0.29, 0.717) is 5.46 Å². The minimum atomic E-state index is -3.60. The van der Waals surface area contributed by atoms with Crippen molar-refractivity contribution in [1.82, 2.24) is 0 Å². The van der Waals surface area contributed by atoms with E-state index in [2.05, 4.69) is 0 Å². The van der Waals surface area contributed by atoms with Gasteiger partial charge in [0.2, 0.25) is 0 Å². The summed E-state index contributed by atoms with van der Waals surface area (Å²) < 4.78 is 39.4. The number of benzene rings is 1. The molecular weight excluding hydrogens is 279 g/mol. The van der Waals surface area contributed by atoms with E-state index >= 15 is 0 Å². The number of para-hydroxylation sites is 1. The zero-order chi connectivity index (χ0) is 15.2. The quantitative estimate of drug-likeness (QED) is 0.622. The summed E-state index contributed by atoms with van der Waals surface area (Å²) in [5, 5.41) is 0. The Balaban J connectivity index is 2.36. The first kappa shape index (κ1) is 15.3. The van der Waals surface area contributed by atoms with Gasteiger partial charge in [0.15, 0.2) is 0 Å². The standard InChI is InChI=1S/C13H19BO5S/c1-12(2)13(3,4)19-14(18-12)10-8-6-7-9-11(10)17-20(5,15)16/h6-9H,1-5H3. The van der Waals surface area contributed by atoms with Crippen molar-refractivity contribution in [2.75, 3.05) is 6.26 Å². The summed E-state index contributed by atoms with van der Waals surface area (Å²) in [6.45, 7) is 7.75. The maximum atomic E-state index is 11.3. The summed E-state index contributed by atoms with van der Waals surface area (Å²) in [6.07, 6.45) is 1.01. The molecule has 20 heavy (non-hydrogen) atoms. The molecule has 0 spiro atoms.